The van der Waals surface area contributed by atoms with Crippen LogP contribution in [0.15, 0.2) is 41.2 Å². The Morgan fingerprint density at radius 2 is 2.05 bits per heavy atom. The molecule has 4 N–H and O–H groups in total. The summed E-state index contributed by atoms with van der Waals surface area (Å²) in [5, 5.41) is 11.9. The van der Waals surface area contributed by atoms with Crippen molar-refractivity contribution in [3.8, 4) is 5.88 Å². The van der Waals surface area contributed by atoms with E-state index in [-0.39, 0.29) is 18.0 Å². The second-order valence-corrected chi connectivity index (χ2v) is 4.50. The van der Waals surface area contributed by atoms with E-state index in [4.69, 9.17) is 0 Å². The maximum absolute atomic E-state index is 11.9. The average molecular weight is 284 g/mol. The predicted molar refractivity (Wildman–Crippen MR) is 76.0 cm³/mol. The molecular formula is C14H12N4O3. The lowest BCUT2D eigenvalue weighted by molar-refractivity contribution is 0.0949. The quantitative estimate of drug-likeness (QED) is 0.572. The third kappa shape index (κ3) is 2.76. The van der Waals surface area contributed by atoms with E-state index in [1.165, 1.54) is 6.07 Å². The monoisotopic (exact) mass is 284 g/mol. The lowest BCUT2D eigenvalue weighted by Crippen LogP contribution is -2.24. The van der Waals surface area contributed by atoms with E-state index >= 15 is 0 Å². The Kier molecular flexibility index (Phi) is 3.15. The topological polar surface area (TPSA) is 111 Å². The van der Waals surface area contributed by atoms with Crippen molar-refractivity contribution in [3.05, 3.63) is 58.1 Å². The highest BCUT2D eigenvalue weighted by Crippen LogP contribution is 2.10. The zero-order chi connectivity index (χ0) is 14.8. The molecule has 3 aromatic rings. The van der Waals surface area contributed by atoms with Crippen LogP contribution >= 0.6 is 0 Å². The summed E-state index contributed by atoms with van der Waals surface area (Å²) in [5.41, 5.74) is 1.25. The molecular weight excluding hydrogens is 272 g/mol. The highest BCUT2D eigenvalue weighted by Gasteiger charge is 2.09. The third-order valence-corrected chi connectivity index (χ3v) is 2.95. The van der Waals surface area contributed by atoms with Crippen LogP contribution in [-0.4, -0.2) is 26.0 Å². The van der Waals surface area contributed by atoms with Gasteiger partial charge in [0.15, 0.2) is 5.88 Å². The van der Waals surface area contributed by atoms with Crippen LogP contribution in [-0.2, 0) is 6.54 Å². The Morgan fingerprint density at radius 1 is 1.24 bits per heavy atom. The van der Waals surface area contributed by atoms with Gasteiger partial charge in [0.05, 0.1) is 23.1 Å². The lowest BCUT2D eigenvalue weighted by atomic mass is 10.2. The fourth-order valence-corrected chi connectivity index (χ4v) is 2.02. The standard InChI is InChI=1S/C14H12N4O3/c19-12-5-8(6-13(20)18-12)14(21)15-7-11-16-9-3-1-2-4-10(9)17-11/h1-6H,7H2,(H,15,21)(H,16,17)(H2,18,19,20). The van der Waals surface area contributed by atoms with E-state index in [1.807, 2.05) is 24.3 Å². The molecule has 0 radical (unpaired) electrons. The molecule has 0 unspecified atom stereocenters. The van der Waals surface area contributed by atoms with Crippen LogP contribution in [0.2, 0.25) is 0 Å². The molecule has 106 valence electrons. The van der Waals surface area contributed by atoms with Crippen molar-refractivity contribution in [2.75, 3.05) is 0 Å². The molecule has 0 saturated heterocycles. The van der Waals surface area contributed by atoms with E-state index in [9.17, 15) is 14.7 Å². The number of hydrogen-bond donors (Lipinski definition) is 4. The molecule has 0 aliphatic rings. The number of hydrogen-bond acceptors (Lipinski definition) is 4. The second-order valence-electron chi connectivity index (χ2n) is 4.50. The van der Waals surface area contributed by atoms with Crippen LogP contribution in [0.25, 0.3) is 11.0 Å². The van der Waals surface area contributed by atoms with Gasteiger partial charge in [0.2, 0.25) is 0 Å². The molecule has 2 heterocycles. The second kappa shape index (κ2) is 5.12. The number of aromatic amines is 2. The molecule has 1 amide bonds. The number of rotatable bonds is 3. The number of pyridine rings is 1. The van der Waals surface area contributed by atoms with E-state index in [0.717, 1.165) is 17.1 Å². The summed E-state index contributed by atoms with van der Waals surface area (Å²) >= 11 is 0. The molecule has 3 rings (SSSR count). The highest BCUT2D eigenvalue weighted by molar-refractivity contribution is 5.94. The van der Waals surface area contributed by atoms with Crippen molar-refractivity contribution >= 4 is 16.9 Å². The predicted octanol–water partition coefficient (Wildman–Crippen LogP) is 0.887. The number of fused-ring (bicyclic) bond motifs is 1. The van der Waals surface area contributed by atoms with Gasteiger partial charge in [-0.25, -0.2) is 4.98 Å². The normalized spacial score (nSPS) is 10.7. The molecule has 7 nitrogen and oxygen atoms in total. The van der Waals surface area contributed by atoms with Gasteiger partial charge in [-0.1, -0.05) is 12.1 Å². The van der Waals surface area contributed by atoms with Crippen molar-refractivity contribution in [2.45, 2.75) is 6.54 Å². The molecule has 0 bridgehead atoms. The zero-order valence-corrected chi connectivity index (χ0v) is 10.9. The molecule has 0 aliphatic heterocycles. The number of amides is 1. The molecule has 0 saturated carbocycles. The van der Waals surface area contributed by atoms with Crippen molar-refractivity contribution < 1.29 is 9.90 Å². The number of nitrogens with one attached hydrogen (secondary N) is 3. The van der Waals surface area contributed by atoms with Crippen LogP contribution < -0.4 is 10.9 Å². The van der Waals surface area contributed by atoms with Crippen LogP contribution in [0.3, 0.4) is 0 Å². The summed E-state index contributed by atoms with van der Waals surface area (Å²) in [5.74, 6) is -0.202. The fourth-order valence-electron chi connectivity index (χ4n) is 2.02. The smallest absolute Gasteiger partial charge is 0.252 e. The van der Waals surface area contributed by atoms with Gasteiger partial charge in [-0.05, 0) is 12.1 Å². The number of aromatic hydroxyl groups is 1. The van der Waals surface area contributed by atoms with Gasteiger partial charge >= 0.3 is 0 Å². The Hall–Kier alpha value is -3.09. The van der Waals surface area contributed by atoms with Crippen molar-refractivity contribution in [3.63, 3.8) is 0 Å². The van der Waals surface area contributed by atoms with Gasteiger partial charge in [0.25, 0.3) is 11.5 Å². The minimum Gasteiger partial charge on any atom is -0.494 e. The number of imidazole rings is 1. The maximum Gasteiger partial charge on any atom is 0.252 e. The van der Waals surface area contributed by atoms with Gasteiger partial charge in [-0.2, -0.15) is 0 Å². The molecule has 0 spiro atoms. The van der Waals surface area contributed by atoms with E-state index in [2.05, 4.69) is 20.3 Å². The minimum atomic E-state index is -0.538. The van der Waals surface area contributed by atoms with Crippen molar-refractivity contribution in [1.29, 1.82) is 0 Å². The summed E-state index contributed by atoms with van der Waals surface area (Å²) in [6.07, 6.45) is 0. The molecule has 0 aliphatic carbocycles. The van der Waals surface area contributed by atoms with Gasteiger partial charge in [0, 0.05) is 12.1 Å². The first-order valence-corrected chi connectivity index (χ1v) is 6.27. The van der Waals surface area contributed by atoms with E-state index in [1.54, 1.807) is 0 Å². The van der Waals surface area contributed by atoms with Crippen molar-refractivity contribution in [2.24, 2.45) is 0 Å². The van der Waals surface area contributed by atoms with Crippen molar-refractivity contribution in [1.82, 2.24) is 20.3 Å². The molecule has 2 aromatic heterocycles. The highest BCUT2D eigenvalue weighted by atomic mass is 16.3. The van der Waals surface area contributed by atoms with Gasteiger partial charge in [0.1, 0.15) is 5.82 Å². The molecule has 7 heteroatoms. The average Bonchev–Trinajstić information content (AvgIpc) is 2.86. The first-order chi connectivity index (χ1) is 10.1. The first-order valence-electron chi connectivity index (χ1n) is 6.27. The number of carbonyl (C=O) groups is 1. The minimum absolute atomic E-state index is 0.0901. The number of para-hydroxylation sites is 2. The summed E-state index contributed by atoms with van der Waals surface area (Å²) in [7, 11) is 0. The molecule has 1 aromatic carbocycles. The van der Waals surface area contributed by atoms with Crippen LogP contribution in [0.1, 0.15) is 16.2 Å². The summed E-state index contributed by atoms with van der Waals surface area (Å²) < 4.78 is 0. The van der Waals surface area contributed by atoms with Gasteiger partial charge < -0.3 is 15.4 Å². The Morgan fingerprint density at radius 3 is 2.81 bits per heavy atom. The molecule has 0 fully saturated rings. The maximum atomic E-state index is 11.9. The van der Waals surface area contributed by atoms with Crippen LogP contribution in [0, 0.1) is 0 Å². The largest absolute Gasteiger partial charge is 0.494 e. The fraction of sp³-hybridized carbons (Fsp3) is 0.0714. The van der Waals surface area contributed by atoms with Crippen LogP contribution in [0.5, 0.6) is 5.88 Å². The number of aromatic nitrogens is 3. The van der Waals surface area contributed by atoms with Crippen LogP contribution in [0.4, 0.5) is 0 Å². The van der Waals surface area contributed by atoms with E-state index in [0.29, 0.717) is 5.82 Å². The lowest BCUT2D eigenvalue weighted by Gasteiger charge is -2.03. The number of nitrogens with zero attached hydrogens (tertiary/aromatic N) is 1. The number of benzene rings is 1. The van der Waals surface area contributed by atoms with E-state index < -0.39 is 11.5 Å². The first kappa shape index (κ1) is 12.9. The summed E-state index contributed by atoms with van der Waals surface area (Å²) in [6.45, 7) is 0.196. The Labute approximate surface area is 118 Å². The molecule has 21 heavy (non-hydrogen) atoms. The Balaban J connectivity index is 1.74. The Bertz CT molecular complexity index is 833. The summed E-state index contributed by atoms with van der Waals surface area (Å²) in [6, 6.07) is 9.84. The van der Waals surface area contributed by atoms with Gasteiger partial charge in [-0.3, -0.25) is 14.6 Å². The zero-order valence-electron chi connectivity index (χ0n) is 10.9. The number of carbonyl (C=O) groups excluding carboxylic acids is 1. The molecule has 0 atom stereocenters. The summed E-state index contributed by atoms with van der Waals surface area (Å²) in [4.78, 5) is 32.7. The number of H-pyrrole nitrogens is 2. The SMILES string of the molecule is O=C(NCc1nc2ccccc2[nH]1)c1cc(O)[nH]c(=O)c1. The third-order valence-electron chi connectivity index (χ3n) is 2.95. The van der Waals surface area contributed by atoms with Gasteiger partial charge in [-0.15, -0.1) is 0 Å².